The van der Waals surface area contributed by atoms with Crippen molar-refractivity contribution in [1.82, 2.24) is 10.2 Å². The summed E-state index contributed by atoms with van der Waals surface area (Å²) in [4.78, 5) is 14.1. The molecule has 5 heteroatoms. The van der Waals surface area contributed by atoms with Gasteiger partial charge >= 0.3 is 0 Å². The summed E-state index contributed by atoms with van der Waals surface area (Å²) in [5, 5.41) is 3.17. The maximum absolute atomic E-state index is 11.5. The van der Waals surface area contributed by atoms with E-state index in [0.717, 1.165) is 38.8 Å². The summed E-state index contributed by atoms with van der Waals surface area (Å²) in [7, 11) is 0. The Hall–Kier alpha value is -0.650. The number of nitrogens with zero attached hydrogens (tertiary/aromatic N) is 1. The fourth-order valence-electron chi connectivity index (χ4n) is 4.49. The monoisotopic (exact) mass is 296 g/mol. The van der Waals surface area contributed by atoms with E-state index in [-0.39, 0.29) is 17.7 Å². The molecule has 0 bridgehead atoms. The van der Waals surface area contributed by atoms with Gasteiger partial charge in [-0.1, -0.05) is 6.92 Å². The molecule has 5 nitrogen and oxygen atoms in total. The number of nitrogens with one attached hydrogen (secondary N) is 1. The predicted octanol–water partition coefficient (Wildman–Crippen LogP) is 1.52. The van der Waals surface area contributed by atoms with Crippen LogP contribution in [0.3, 0.4) is 0 Å². The molecule has 0 radical (unpaired) electrons. The van der Waals surface area contributed by atoms with Crippen molar-refractivity contribution in [2.24, 2.45) is 5.92 Å². The van der Waals surface area contributed by atoms with Gasteiger partial charge < -0.3 is 14.8 Å². The summed E-state index contributed by atoms with van der Waals surface area (Å²) in [5.41, 5.74) is 0. The number of ether oxygens (including phenoxy) is 2. The van der Waals surface area contributed by atoms with Crippen molar-refractivity contribution in [3.63, 3.8) is 0 Å². The van der Waals surface area contributed by atoms with Crippen molar-refractivity contribution in [3.05, 3.63) is 0 Å². The Kier molecular flexibility index (Phi) is 4.52. The molecule has 3 aliphatic rings. The molecule has 2 heterocycles. The molecule has 1 aliphatic carbocycles. The summed E-state index contributed by atoms with van der Waals surface area (Å²) in [6, 6.07) is 0.833. The number of piperidine rings is 1. The highest BCUT2D eigenvalue weighted by Gasteiger charge is 2.50. The van der Waals surface area contributed by atoms with Crippen LogP contribution in [-0.2, 0) is 14.3 Å². The van der Waals surface area contributed by atoms with E-state index in [2.05, 4.69) is 17.1 Å². The first-order chi connectivity index (χ1) is 10.1. The molecule has 1 amide bonds. The van der Waals surface area contributed by atoms with Crippen LogP contribution in [0.1, 0.15) is 46.0 Å². The van der Waals surface area contributed by atoms with Crippen LogP contribution >= 0.6 is 0 Å². The van der Waals surface area contributed by atoms with Crippen molar-refractivity contribution in [2.45, 2.75) is 63.8 Å². The van der Waals surface area contributed by atoms with Gasteiger partial charge in [0.05, 0.1) is 13.2 Å². The van der Waals surface area contributed by atoms with Crippen LogP contribution in [0.25, 0.3) is 0 Å². The lowest BCUT2D eigenvalue weighted by atomic mass is 9.72. The minimum absolute atomic E-state index is 0.0792. The second kappa shape index (κ2) is 6.23. The summed E-state index contributed by atoms with van der Waals surface area (Å²) >= 11 is 0. The van der Waals surface area contributed by atoms with Gasteiger partial charge in [0.15, 0.2) is 5.79 Å². The molecular weight excluding hydrogens is 268 g/mol. The Labute approximate surface area is 127 Å². The molecule has 3 rings (SSSR count). The van der Waals surface area contributed by atoms with Crippen LogP contribution in [0.15, 0.2) is 0 Å². The Morgan fingerprint density at radius 2 is 2.10 bits per heavy atom. The van der Waals surface area contributed by atoms with Gasteiger partial charge in [-0.25, -0.2) is 0 Å². The lowest BCUT2D eigenvalue weighted by Gasteiger charge is -2.51. The fourth-order valence-corrected chi connectivity index (χ4v) is 4.49. The molecule has 1 spiro atoms. The third-order valence-electron chi connectivity index (χ3n) is 5.29. The van der Waals surface area contributed by atoms with Crippen molar-refractivity contribution in [3.8, 4) is 0 Å². The number of hydrogen-bond donors (Lipinski definition) is 1. The summed E-state index contributed by atoms with van der Waals surface area (Å²) in [5.74, 6) is 0.157. The van der Waals surface area contributed by atoms with E-state index in [1.165, 1.54) is 6.42 Å². The molecule has 0 aromatic heterocycles. The predicted molar refractivity (Wildman–Crippen MR) is 79.8 cm³/mol. The Bertz CT molecular complexity index is 382. The Morgan fingerprint density at radius 3 is 2.76 bits per heavy atom. The van der Waals surface area contributed by atoms with E-state index in [1.54, 1.807) is 6.92 Å². The topological polar surface area (TPSA) is 50.8 Å². The lowest BCUT2D eigenvalue weighted by Crippen LogP contribution is -2.60. The molecular formula is C16H28N2O3. The average molecular weight is 296 g/mol. The molecule has 2 aliphatic heterocycles. The second-order valence-electron chi connectivity index (χ2n) is 6.71. The molecule has 0 aromatic rings. The normalized spacial score (nSPS) is 35.6. The maximum atomic E-state index is 11.5. The smallest absolute Gasteiger partial charge is 0.217 e. The summed E-state index contributed by atoms with van der Waals surface area (Å²) in [6.45, 7) is 7.52. The summed E-state index contributed by atoms with van der Waals surface area (Å²) in [6.07, 6.45) is 5.24. The molecule has 3 fully saturated rings. The maximum Gasteiger partial charge on any atom is 0.217 e. The SMILES string of the molecule is CCCN1CCC(NC(C)=O)C2CC3(CCC21)OCCO3. The highest BCUT2D eigenvalue weighted by atomic mass is 16.7. The number of rotatable bonds is 3. The van der Waals surface area contributed by atoms with Crippen LogP contribution in [0.2, 0.25) is 0 Å². The van der Waals surface area contributed by atoms with Crippen LogP contribution < -0.4 is 5.32 Å². The number of amides is 1. The molecule has 1 saturated carbocycles. The van der Waals surface area contributed by atoms with Gasteiger partial charge in [-0.2, -0.15) is 0 Å². The highest BCUT2D eigenvalue weighted by molar-refractivity contribution is 5.73. The van der Waals surface area contributed by atoms with E-state index in [1.807, 2.05) is 0 Å². The van der Waals surface area contributed by atoms with Crippen molar-refractivity contribution >= 4 is 5.91 Å². The van der Waals surface area contributed by atoms with E-state index in [9.17, 15) is 4.79 Å². The van der Waals surface area contributed by atoms with Gasteiger partial charge in [0.2, 0.25) is 5.91 Å². The van der Waals surface area contributed by atoms with Gasteiger partial charge in [-0.15, -0.1) is 0 Å². The Morgan fingerprint density at radius 1 is 1.33 bits per heavy atom. The van der Waals surface area contributed by atoms with Gasteiger partial charge in [-0.05, 0) is 31.7 Å². The van der Waals surface area contributed by atoms with E-state index < -0.39 is 0 Å². The lowest BCUT2D eigenvalue weighted by molar-refractivity contribution is -0.204. The van der Waals surface area contributed by atoms with Crippen LogP contribution in [0.4, 0.5) is 0 Å². The zero-order chi connectivity index (χ0) is 14.9. The highest BCUT2D eigenvalue weighted by Crippen LogP contribution is 2.44. The zero-order valence-electron chi connectivity index (χ0n) is 13.3. The Balaban J connectivity index is 1.75. The molecule has 120 valence electrons. The van der Waals surface area contributed by atoms with Crippen molar-refractivity contribution < 1.29 is 14.3 Å². The van der Waals surface area contributed by atoms with E-state index >= 15 is 0 Å². The van der Waals surface area contributed by atoms with Gasteiger partial charge in [-0.3, -0.25) is 9.69 Å². The third-order valence-corrected chi connectivity index (χ3v) is 5.29. The first-order valence-electron chi connectivity index (χ1n) is 8.42. The van der Waals surface area contributed by atoms with E-state index in [0.29, 0.717) is 25.2 Å². The average Bonchev–Trinajstić information content (AvgIpc) is 2.89. The van der Waals surface area contributed by atoms with Gasteiger partial charge in [0.1, 0.15) is 0 Å². The largest absolute Gasteiger partial charge is 0.353 e. The standard InChI is InChI=1S/C16H28N2O3/c1-3-7-18-8-5-14(17-12(2)19)13-11-16(6-4-15(13)18)20-9-10-21-16/h13-15H,3-11H2,1-2H3,(H,17,19). The number of fused-ring (bicyclic) bond motifs is 1. The molecule has 3 unspecified atom stereocenters. The minimum Gasteiger partial charge on any atom is -0.353 e. The molecule has 2 saturated heterocycles. The van der Waals surface area contributed by atoms with E-state index in [4.69, 9.17) is 9.47 Å². The fraction of sp³-hybridized carbons (Fsp3) is 0.938. The number of carbonyl (C=O) groups is 1. The molecule has 21 heavy (non-hydrogen) atoms. The van der Waals surface area contributed by atoms with Crippen molar-refractivity contribution in [1.29, 1.82) is 0 Å². The van der Waals surface area contributed by atoms with Crippen LogP contribution in [-0.4, -0.2) is 55.0 Å². The van der Waals surface area contributed by atoms with Crippen LogP contribution in [0.5, 0.6) is 0 Å². The minimum atomic E-state index is -0.368. The first-order valence-corrected chi connectivity index (χ1v) is 8.42. The number of carbonyl (C=O) groups excluding carboxylic acids is 1. The number of likely N-dealkylation sites (tertiary alicyclic amines) is 1. The zero-order valence-corrected chi connectivity index (χ0v) is 13.3. The molecule has 1 N–H and O–H groups in total. The van der Waals surface area contributed by atoms with Gasteiger partial charge in [0, 0.05) is 38.4 Å². The molecule has 0 aromatic carbocycles. The van der Waals surface area contributed by atoms with Gasteiger partial charge in [0.25, 0.3) is 0 Å². The second-order valence-corrected chi connectivity index (χ2v) is 6.71. The summed E-state index contributed by atoms with van der Waals surface area (Å²) < 4.78 is 11.9. The first kappa shape index (κ1) is 15.3. The quantitative estimate of drug-likeness (QED) is 0.858. The third kappa shape index (κ3) is 3.10. The molecule has 3 atom stereocenters. The van der Waals surface area contributed by atoms with Crippen LogP contribution in [0, 0.1) is 5.92 Å². The number of hydrogen-bond acceptors (Lipinski definition) is 4. The van der Waals surface area contributed by atoms with Crippen molar-refractivity contribution in [2.75, 3.05) is 26.3 Å².